The van der Waals surface area contributed by atoms with Crippen molar-refractivity contribution in [2.24, 2.45) is 0 Å². The van der Waals surface area contributed by atoms with Crippen molar-refractivity contribution in [3.05, 3.63) is 35.3 Å². The molecule has 2 aromatic rings. The van der Waals surface area contributed by atoms with E-state index in [1.807, 2.05) is 19.1 Å². The predicted molar refractivity (Wildman–Crippen MR) is 52.3 cm³/mol. The number of H-pyrrole nitrogens is 1. The molecule has 0 unspecified atom stereocenters. The Kier molecular flexibility index (Phi) is 1.97. The molecule has 1 aromatic carbocycles. The fourth-order valence-electron chi connectivity index (χ4n) is 1.49. The number of aromatic nitrogens is 1. The standard InChI is InChI=1S/C11H9FN2/c1-2-9-3-7-4-10(12)8(6-13)5-11(7)14-9/h3-5,14H,2H2,1H3. The van der Waals surface area contributed by atoms with E-state index in [2.05, 4.69) is 4.98 Å². The van der Waals surface area contributed by atoms with Crippen LogP contribution in [0, 0.1) is 17.1 Å². The summed E-state index contributed by atoms with van der Waals surface area (Å²) in [6.07, 6.45) is 0.873. The molecule has 1 aromatic heterocycles. The Labute approximate surface area is 81.0 Å². The summed E-state index contributed by atoms with van der Waals surface area (Å²) in [6.45, 7) is 2.02. The Morgan fingerprint density at radius 2 is 2.21 bits per heavy atom. The van der Waals surface area contributed by atoms with E-state index in [-0.39, 0.29) is 5.56 Å². The van der Waals surface area contributed by atoms with Crippen LogP contribution in [-0.4, -0.2) is 4.98 Å². The van der Waals surface area contributed by atoms with Crippen LogP contribution in [0.2, 0.25) is 0 Å². The third-order valence-electron chi connectivity index (χ3n) is 2.27. The zero-order valence-electron chi connectivity index (χ0n) is 7.76. The van der Waals surface area contributed by atoms with Gasteiger partial charge in [-0.3, -0.25) is 0 Å². The van der Waals surface area contributed by atoms with Gasteiger partial charge >= 0.3 is 0 Å². The fourth-order valence-corrected chi connectivity index (χ4v) is 1.49. The summed E-state index contributed by atoms with van der Waals surface area (Å²) in [6, 6.07) is 6.66. The summed E-state index contributed by atoms with van der Waals surface area (Å²) in [5.74, 6) is -0.457. The van der Waals surface area contributed by atoms with Crippen molar-refractivity contribution in [3.63, 3.8) is 0 Å². The van der Waals surface area contributed by atoms with Crippen molar-refractivity contribution in [2.45, 2.75) is 13.3 Å². The molecule has 0 spiro atoms. The summed E-state index contributed by atoms with van der Waals surface area (Å²) in [5, 5.41) is 9.46. The molecule has 0 saturated carbocycles. The molecule has 2 nitrogen and oxygen atoms in total. The Morgan fingerprint density at radius 3 is 2.86 bits per heavy atom. The molecule has 70 valence electrons. The molecular formula is C11H9FN2. The number of aromatic amines is 1. The zero-order chi connectivity index (χ0) is 10.1. The molecule has 14 heavy (non-hydrogen) atoms. The number of benzene rings is 1. The van der Waals surface area contributed by atoms with Crippen molar-refractivity contribution >= 4 is 10.9 Å². The van der Waals surface area contributed by atoms with E-state index in [0.29, 0.717) is 0 Å². The number of hydrogen-bond donors (Lipinski definition) is 1. The normalized spacial score (nSPS) is 10.4. The molecule has 0 aliphatic heterocycles. The predicted octanol–water partition coefficient (Wildman–Crippen LogP) is 2.74. The molecular weight excluding hydrogens is 179 g/mol. The fraction of sp³-hybridized carbons (Fsp3) is 0.182. The first kappa shape index (κ1) is 8.76. The van der Waals surface area contributed by atoms with Crippen LogP contribution < -0.4 is 0 Å². The van der Waals surface area contributed by atoms with Crippen LogP contribution in [0.4, 0.5) is 4.39 Å². The van der Waals surface area contributed by atoms with Crippen molar-refractivity contribution in [1.29, 1.82) is 5.26 Å². The maximum Gasteiger partial charge on any atom is 0.141 e. The lowest BCUT2D eigenvalue weighted by Gasteiger charge is -1.93. The van der Waals surface area contributed by atoms with Crippen molar-refractivity contribution in [2.75, 3.05) is 0 Å². The maximum absolute atomic E-state index is 13.2. The summed E-state index contributed by atoms with van der Waals surface area (Å²) >= 11 is 0. The molecule has 1 N–H and O–H groups in total. The van der Waals surface area contributed by atoms with E-state index in [1.165, 1.54) is 6.07 Å². The first-order valence-corrected chi connectivity index (χ1v) is 4.46. The van der Waals surface area contributed by atoms with Gasteiger partial charge in [-0.15, -0.1) is 0 Å². The molecule has 3 heteroatoms. The summed E-state index contributed by atoms with van der Waals surface area (Å²) in [7, 11) is 0. The van der Waals surface area contributed by atoms with E-state index in [4.69, 9.17) is 5.26 Å². The molecule has 0 aliphatic rings. The Bertz CT molecular complexity index is 520. The van der Waals surface area contributed by atoms with Gasteiger partial charge in [-0.1, -0.05) is 6.92 Å². The third-order valence-corrected chi connectivity index (χ3v) is 2.27. The van der Waals surface area contributed by atoms with Crippen LogP contribution in [0.25, 0.3) is 10.9 Å². The largest absolute Gasteiger partial charge is 0.358 e. The van der Waals surface area contributed by atoms with Crippen LogP contribution in [-0.2, 0) is 6.42 Å². The van der Waals surface area contributed by atoms with Crippen LogP contribution in [0.1, 0.15) is 18.2 Å². The quantitative estimate of drug-likeness (QED) is 0.734. The second-order valence-electron chi connectivity index (χ2n) is 3.18. The highest BCUT2D eigenvalue weighted by Crippen LogP contribution is 2.19. The van der Waals surface area contributed by atoms with Crippen LogP contribution in [0.15, 0.2) is 18.2 Å². The minimum Gasteiger partial charge on any atom is -0.358 e. The lowest BCUT2D eigenvalue weighted by molar-refractivity contribution is 0.626. The Morgan fingerprint density at radius 1 is 1.43 bits per heavy atom. The van der Waals surface area contributed by atoms with Gasteiger partial charge in [0.15, 0.2) is 0 Å². The lowest BCUT2D eigenvalue weighted by atomic mass is 10.1. The number of rotatable bonds is 1. The number of nitriles is 1. The maximum atomic E-state index is 13.2. The molecule has 0 atom stereocenters. The number of hydrogen-bond acceptors (Lipinski definition) is 1. The Balaban J connectivity index is 2.71. The van der Waals surface area contributed by atoms with Gasteiger partial charge < -0.3 is 4.98 Å². The average Bonchev–Trinajstić information content (AvgIpc) is 2.58. The highest BCUT2D eigenvalue weighted by atomic mass is 19.1. The van der Waals surface area contributed by atoms with Gasteiger partial charge in [0.2, 0.25) is 0 Å². The second-order valence-corrected chi connectivity index (χ2v) is 3.18. The number of nitrogens with one attached hydrogen (secondary N) is 1. The van der Waals surface area contributed by atoms with Gasteiger partial charge in [0, 0.05) is 16.6 Å². The van der Waals surface area contributed by atoms with E-state index < -0.39 is 5.82 Å². The average molecular weight is 188 g/mol. The second kappa shape index (κ2) is 3.15. The molecule has 2 rings (SSSR count). The van der Waals surface area contributed by atoms with Crippen molar-refractivity contribution < 1.29 is 4.39 Å². The highest BCUT2D eigenvalue weighted by molar-refractivity contribution is 5.82. The van der Waals surface area contributed by atoms with E-state index in [0.717, 1.165) is 23.0 Å². The van der Waals surface area contributed by atoms with Gasteiger partial charge in [0.25, 0.3) is 0 Å². The number of nitrogens with zero attached hydrogens (tertiary/aromatic N) is 1. The van der Waals surface area contributed by atoms with Crippen molar-refractivity contribution in [3.8, 4) is 6.07 Å². The Hall–Kier alpha value is -1.82. The number of aryl methyl sites for hydroxylation is 1. The van der Waals surface area contributed by atoms with Gasteiger partial charge in [0.1, 0.15) is 11.9 Å². The summed E-state index contributed by atoms with van der Waals surface area (Å²) in [4.78, 5) is 3.13. The van der Waals surface area contributed by atoms with Gasteiger partial charge in [-0.05, 0) is 24.6 Å². The lowest BCUT2D eigenvalue weighted by Crippen LogP contribution is -1.82. The molecule has 0 fully saturated rings. The smallest absolute Gasteiger partial charge is 0.141 e. The minimum absolute atomic E-state index is 0.0852. The molecule has 0 radical (unpaired) electrons. The van der Waals surface area contributed by atoms with Crippen molar-refractivity contribution in [1.82, 2.24) is 4.98 Å². The first-order chi connectivity index (χ1) is 6.74. The minimum atomic E-state index is -0.457. The SMILES string of the molecule is CCc1cc2cc(F)c(C#N)cc2[nH]1. The highest BCUT2D eigenvalue weighted by Gasteiger charge is 2.05. The van der Waals surface area contributed by atoms with E-state index in [9.17, 15) is 4.39 Å². The van der Waals surface area contributed by atoms with Gasteiger partial charge in [0.05, 0.1) is 5.56 Å². The van der Waals surface area contributed by atoms with Gasteiger partial charge in [-0.2, -0.15) is 5.26 Å². The molecule has 0 bridgehead atoms. The molecule has 0 saturated heterocycles. The molecule has 0 amide bonds. The zero-order valence-corrected chi connectivity index (χ0v) is 7.76. The number of halogens is 1. The first-order valence-electron chi connectivity index (χ1n) is 4.46. The summed E-state index contributed by atoms with van der Waals surface area (Å²) < 4.78 is 13.2. The topological polar surface area (TPSA) is 39.6 Å². The third kappa shape index (κ3) is 1.25. The van der Waals surface area contributed by atoms with Gasteiger partial charge in [-0.25, -0.2) is 4.39 Å². The van der Waals surface area contributed by atoms with E-state index in [1.54, 1.807) is 6.07 Å². The van der Waals surface area contributed by atoms with Crippen LogP contribution in [0.3, 0.4) is 0 Å². The van der Waals surface area contributed by atoms with E-state index >= 15 is 0 Å². The molecule has 1 heterocycles. The summed E-state index contributed by atoms with van der Waals surface area (Å²) in [5.41, 5.74) is 1.95. The van der Waals surface area contributed by atoms with Crippen LogP contribution >= 0.6 is 0 Å². The molecule has 0 aliphatic carbocycles. The number of fused-ring (bicyclic) bond motifs is 1. The monoisotopic (exact) mass is 188 g/mol. The van der Waals surface area contributed by atoms with Crippen LogP contribution in [0.5, 0.6) is 0 Å².